The van der Waals surface area contributed by atoms with E-state index in [1.54, 1.807) is 18.2 Å². The summed E-state index contributed by atoms with van der Waals surface area (Å²) < 4.78 is 0. The van der Waals surface area contributed by atoms with Gasteiger partial charge >= 0.3 is 0 Å². The van der Waals surface area contributed by atoms with Gasteiger partial charge in [0.05, 0.1) is 27.0 Å². The third kappa shape index (κ3) is 4.27. The van der Waals surface area contributed by atoms with Gasteiger partial charge in [0.15, 0.2) is 0 Å². The van der Waals surface area contributed by atoms with Crippen molar-refractivity contribution in [1.29, 1.82) is 0 Å². The molecule has 0 saturated heterocycles. The zero-order chi connectivity index (χ0) is 18.0. The van der Waals surface area contributed by atoms with Crippen molar-refractivity contribution < 1.29 is 4.79 Å². The Bertz CT molecular complexity index is 960. The number of carbonyl (C=O) groups excluding carboxylic acids is 1. The minimum Gasteiger partial charge on any atom is -0.324 e. The lowest BCUT2D eigenvalue weighted by atomic mass is 10.1. The first-order chi connectivity index (χ1) is 11.9. The second-order valence-electron chi connectivity index (χ2n) is 5.71. The minimum absolute atomic E-state index is 0.154. The molecule has 3 rings (SSSR count). The van der Waals surface area contributed by atoms with Gasteiger partial charge in [-0.3, -0.25) is 4.79 Å². The van der Waals surface area contributed by atoms with Gasteiger partial charge in [-0.2, -0.15) is 0 Å². The fourth-order valence-corrected chi connectivity index (χ4v) is 3.63. The molecule has 0 aliphatic rings. The SMILES string of the molecule is Cc1cc(SCC(=O)Nc2cc(Cl)ccc2Cl)nc2c(C)cccc12. The topological polar surface area (TPSA) is 42.0 Å². The maximum absolute atomic E-state index is 12.2. The summed E-state index contributed by atoms with van der Waals surface area (Å²) in [5, 5.41) is 5.72. The van der Waals surface area contributed by atoms with Gasteiger partial charge in [0, 0.05) is 10.4 Å². The van der Waals surface area contributed by atoms with Gasteiger partial charge in [0.1, 0.15) is 0 Å². The van der Waals surface area contributed by atoms with Crippen LogP contribution < -0.4 is 5.32 Å². The number of aryl methyl sites for hydroxylation is 2. The first-order valence-electron chi connectivity index (χ1n) is 7.69. The van der Waals surface area contributed by atoms with Gasteiger partial charge in [-0.05, 0) is 49.2 Å². The van der Waals surface area contributed by atoms with Crippen LogP contribution in [0.25, 0.3) is 10.9 Å². The number of aromatic nitrogens is 1. The Morgan fingerprint density at radius 1 is 1.12 bits per heavy atom. The summed E-state index contributed by atoms with van der Waals surface area (Å²) in [4.78, 5) is 16.9. The normalized spacial score (nSPS) is 10.9. The number of halogens is 2. The molecule has 2 aromatic carbocycles. The average Bonchev–Trinajstić information content (AvgIpc) is 2.57. The van der Waals surface area contributed by atoms with Crippen LogP contribution in [0, 0.1) is 13.8 Å². The molecule has 1 amide bonds. The Hall–Kier alpha value is -1.75. The van der Waals surface area contributed by atoms with Gasteiger partial charge in [0.25, 0.3) is 0 Å². The Morgan fingerprint density at radius 2 is 1.92 bits per heavy atom. The summed E-state index contributed by atoms with van der Waals surface area (Å²) in [5.41, 5.74) is 3.76. The Balaban J connectivity index is 1.73. The number of benzene rings is 2. The molecular formula is C19H16Cl2N2OS. The monoisotopic (exact) mass is 390 g/mol. The number of anilines is 1. The number of fused-ring (bicyclic) bond motifs is 1. The molecule has 128 valence electrons. The third-order valence-electron chi connectivity index (χ3n) is 3.78. The summed E-state index contributed by atoms with van der Waals surface area (Å²) in [6.07, 6.45) is 0. The fourth-order valence-electron chi connectivity index (χ4n) is 2.52. The first kappa shape index (κ1) is 18.1. The van der Waals surface area contributed by atoms with Gasteiger partial charge < -0.3 is 5.32 Å². The number of rotatable bonds is 4. The zero-order valence-electron chi connectivity index (χ0n) is 13.8. The maximum atomic E-state index is 12.2. The summed E-state index contributed by atoms with van der Waals surface area (Å²) in [7, 11) is 0. The number of carbonyl (C=O) groups is 1. The number of hydrogen-bond donors (Lipinski definition) is 1. The molecule has 3 aromatic rings. The number of nitrogens with one attached hydrogen (secondary N) is 1. The van der Waals surface area contributed by atoms with Crippen molar-refractivity contribution in [1.82, 2.24) is 4.98 Å². The fraction of sp³-hybridized carbons (Fsp3) is 0.158. The lowest BCUT2D eigenvalue weighted by Gasteiger charge is -2.09. The molecule has 0 bridgehead atoms. The maximum Gasteiger partial charge on any atom is 0.234 e. The van der Waals surface area contributed by atoms with E-state index >= 15 is 0 Å². The standard InChI is InChI=1S/C19H16Cl2N2OS/c1-11-4-3-5-14-12(2)8-18(23-19(11)14)25-10-17(24)22-16-9-13(20)6-7-15(16)21/h3-9H,10H2,1-2H3,(H,22,24). The number of nitrogens with zero attached hydrogens (tertiary/aromatic N) is 1. The lowest BCUT2D eigenvalue weighted by Crippen LogP contribution is -2.14. The van der Waals surface area contributed by atoms with Gasteiger partial charge in [0.2, 0.25) is 5.91 Å². The molecule has 0 aliphatic carbocycles. The van der Waals surface area contributed by atoms with Crippen molar-refractivity contribution in [2.45, 2.75) is 18.9 Å². The largest absolute Gasteiger partial charge is 0.324 e. The van der Waals surface area contributed by atoms with E-state index in [0.717, 1.165) is 27.1 Å². The van der Waals surface area contributed by atoms with E-state index in [2.05, 4.69) is 23.3 Å². The van der Waals surface area contributed by atoms with Gasteiger partial charge in [-0.15, -0.1) is 0 Å². The van der Waals surface area contributed by atoms with Crippen molar-refractivity contribution in [3.63, 3.8) is 0 Å². The van der Waals surface area contributed by atoms with Crippen molar-refractivity contribution in [2.24, 2.45) is 0 Å². The van der Waals surface area contributed by atoms with Crippen LogP contribution in [0.15, 0.2) is 47.5 Å². The van der Waals surface area contributed by atoms with Crippen LogP contribution in [0.2, 0.25) is 10.0 Å². The Labute approximate surface area is 160 Å². The Morgan fingerprint density at radius 3 is 2.72 bits per heavy atom. The van der Waals surface area contributed by atoms with Gasteiger partial charge in [-0.1, -0.05) is 53.2 Å². The van der Waals surface area contributed by atoms with Crippen molar-refractivity contribution in [2.75, 3.05) is 11.1 Å². The number of thioether (sulfide) groups is 1. The molecule has 1 heterocycles. The van der Waals surface area contributed by atoms with Crippen LogP contribution in [-0.2, 0) is 4.79 Å². The van der Waals surface area contributed by atoms with E-state index in [0.29, 0.717) is 15.7 Å². The van der Waals surface area contributed by atoms with Crippen molar-refractivity contribution >= 4 is 57.5 Å². The second-order valence-corrected chi connectivity index (χ2v) is 7.55. The van der Waals surface area contributed by atoms with E-state index in [1.165, 1.54) is 11.8 Å². The quantitative estimate of drug-likeness (QED) is 0.564. The highest BCUT2D eigenvalue weighted by Crippen LogP contribution is 2.27. The molecular weight excluding hydrogens is 375 g/mol. The minimum atomic E-state index is -0.154. The Kier molecular flexibility index (Phi) is 5.52. The van der Waals surface area contributed by atoms with E-state index in [-0.39, 0.29) is 11.7 Å². The summed E-state index contributed by atoms with van der Waals surface area (Å²) >= 11 is 13.4. The number of amides is 1. The van der Waals surface area contributed by atoms with Crippen LogP contribution in [0.5, 0.6) is 0 Å². The summed E-state index contributed by atoms with van der Waals surface area (Å²) in [6, 6.07) is 13.1. The number of hydrogen-bond acceptors (Lipinski definition) is 3. The highest BCUT2D eigenvalue weighted by Gasteiger charge is 2.10. The van der Waals surface area contributed by atoms with E-state index < -0.39 is 0 Å². The molecule has 0 aliphatic heterocycles. The molecule has 0 unspecified atom stereocenters. The third-order valence-corrected chi connectivity index (χ3v) is 5.25. The predicted molar refractivity (Wildman–Crippen MR) is 107 cm³/mol. The highest BCUT2D eigenvalue weighted by atomic mass is 35.5. The molecule has 6 heteroatoms. The number of pyridine rings is 1. The highest BCUT2D eigenvalue weighted by molar-refractivity contribution is 7.99. The molecule has 0 saturated carbocycles. The molecule has 1 aromatic heterocycles. The van der Waals surface area contributed by atoms with Crippen LogP contribution >= 0.6 is 35.0 Å². The smallest absolute Gasteiger partial charge is 0.234 e. The van der Waals surface area contributed by atoms with E-state index in [4.69, 9.17) is 23.2 Å². The van der Waals surface area contributed by atoms with E-state index in [9.17, 15) is 4.79 Å². The van der Waals surface area contributed by atoms with Gasteiger partial charge in [-0.25, -0.2) is 4.98 Å². The molecule has 0 atom stereocenters. The van der Waals surface area contributed by atoms with Crippen molar-refractivity contribution in [3.8, 4) is 0 Å². The summed E-state index contributed by atoms with van der Waals surface area (Å²) in [5.74, 6) is 0.0886. The summed E-state index contributed by atoms with van der Waals surface area (Å²) in [6.45, 7) is 4.09. The molecule has 0 fully saturated rings. The second kappa shape index (κ2) is 7.65. The van der Waals surface area contributed by atoms with E-state index in [1.807, 2.05) is 25.1 Å². The first-order valence-corrected chi connectivity index (χ1v) is 9.43. The zero-order valence-corrected chi connectivity index (χ0v) is 16.1. The van der Waals surface area contributed by atoms with Crippen LogP contribution in [0.4, 0.5) is 5.69 Å². The lowest BCUT2D eigenvalue weighted by molar-refractivity contribution is -0.113. The molecule has 25 heavy (non-hydrogen) atoms. The van der Waals surface area contributed by atoms with Crippen LogP contribution in [-0.4, -0.2) is 16.6 Å². The van der Waals surface area contributed by atoms with Crippen LogP contribution in [0.3, 0.4) is 0 Å². The number of para-hydroxylation sites is 1. The van der Waals surface area contributed by atoms with Crippen LogP contribution in [0.1, 0.15) is 11.1 Å². The molecule has 1 N–H and O–H groups in total. The molecule has 0 radical (unpaired) electrons. The predicted octanol–water partition coefficient (Wildman–Crippen LogP) is 5.89. The van der Waals surface area contributed by atoms with Crippen molar-refractivity contribution in [3.05, 3.63) is 63.6 Å². The average molecular weight is 391 g/mol. The molecule has 0 spiro atoms. The molecule has 3 nitrogen and oxygen atoms in total.